The quantitative estimate of drug-likeness (QED) is 0.381. The molecule has 1 amide bonds. The van der Waals surface area contributed by atoms with Crippen LogP contribution in [0, 0.1) is 0 Å². The molecule has 174 valence electrons. The van der Waals surface area contributed by atoms with Crippen LogP contribution in [-0.2, 0) is 28.2 Å². The van der Waals surface area contributed by atoms with Gasteiger partial charge < -0.3 is 26.3 Å². The summed E-state index contributed by atoms with van der Waals surface area (Å²) in [5.74, 6) is 0.985. The van der Waals surface area contributed by atoms with E-state index in [0.29, 0.717) is 35.9 Å². The van der Waals surface area contributed by atoms with Crippen LogP contribution in [0.2, 0.25) is 0 Å². The number of hydrogen-bond acceptors (Lipinski definition) is 5. The molecule has 35 heavy (non-hydrogen) atoms. The normalized spacial score (nSPS) is 18.2. The van der Waals surface area contributed by atoms with Crippen molar-refractivity contribution >= 4 is 17.3 Å². The lowest BCUT2D eigenvalue weighted by Crippen LogP contribution is -2.37. The number of nitrogen functional groups attached to an aromatic ring is 1. The average Bonchev–Trinajstić information content (AvgIpc) is 3.24. The molecule has 1 spiro atoms. The molecule has 1 unspecified atom stereocenters. The van der Waals surface area contributed by atoms with E-state index < -0.39 is 11.6 Å². The van der Waals surface area contributed by atoms with E-state index >= 15 is 0 Å². The van der Waals surface area contributed by atoms with Gasteiger partial charge in [0, 0.05) is 34.6 Å². The Morgan fingerprint density at radius 2 is 1.60 bits per heavy atom. The molecule has 4 aromatic carbocycles. The minimum absolute atomic E-state index is 0.258. The van der Waals surface area contributed by atoms with Gasteiger partial charge in [-0.05, 0) is 47.4 Å². The summed E-state index contributed by atoms with van der Waals surface area (Å²) < 4.78 is 12.8. The number of anilines is 2. The van der Waals surface area contributed by atoms with Crippen LogP contribution in [0.1, 0.15) is 27.8 Å². The van der Waals surface area contributed by atoms with Crippen molar-refractivity contribution in [1.29, 1.82) is 0 Å². The van der Waals surface area contributed by atoms with Gasteiger partial charge in [-0.2, -0.15) is 0 Å². The summed E-state index contributed by atoms with van der Waals surface area (Å²) in [5.41, 5.74) is 17.7. The lowest BCUT2D eigenvalue weighted by atomic mass is 9.77. The van der Waals surface area contributed by atoms with Crippen LogP contribution >= 0.6 is 0 Å². The van der Waals surface area contributed by atoms with E-state index in [2.05, 4.69) is 17.4 Å². The first-order valence-corrected chi connectivity index (χ1v) is 11.6. The number of hydrogen-bond donors (Lipinski definition) is 3. The van der Waals surface area contributed by atoms with Crippen molar-refractivity contribution in [2.75, 3.05) is 11.1 Å². The molecule has 5 N–H and O–H groups in total. The number of nitrogens with two attached hydrogens (primary N) is 2. The van der Waals surface area contributed by atoms with E-state index in [9.17, 15) is 4.79 Å². The van der Waals surface area contributed by atoms with Crippen LogP contribution in [0.4, 0.5) is 11.4 Å². The van der Waals surface area contributed by atoms with E-state index in [1.54, 1.807) is 0 Å². The van der Waals surface area contributed by atoms with Gasteiger partial charge in [0.1, 0.15) is 11.5 Å². The molecule has 2 atom stereocenters. The molecule has 6 nitrogen and oxygen atoms in total. The third kappa shape index (κ3) is 3.55. The number of amides is 1. The van der Waals surface area contributed by atoms with Crippen LogP contribution in [0.5, 0.6) is 11.5 Å². The Morgan fingerprint density at radius 1 is 0.886 bits per heavy atom. The van der Waals surface area contributed by atoms with Crippen LogP contribution in [0.25, 0.3) is 0 Å². The lowest BCUT2D eigenvalue weighted by Gasteiger charge is -2.37. The largest absolute Gasteiger partial charge is 0.456 e. The van der Waals surface area contributed by atoms with Gasteiger partial charge >= 0.3 is 0 Å². The highest BCUT2D eigenvalue weighted by atomic mass is 16.5. The number of carbonyl (C=O) groups is 1. The van der Waals surface area contributed by atoms with Gasteiger partial charge in [0.15, 0.2) is 5.60 Å². The van der Waals surface area contributed by atoms with Crippen molar-refractivity contribution in [2.24, 2.45) is 5.73 Å². The molecule has 0 aliphatic carbocycles. The summed E-state index contributed by atoms with van der Waals surface area (Å²) in [5, 5.41) is 2.94. The van der Waals surface area contributed by atoms with Crippen LogP contribution < -0.4 is 21.5 Å². The summed E-state index contributed by atoms with van der Waals surface area (Å²) in [6, 6.07) is 28.5. The highest BCUT2D eigenvalue weighted by Gasteiger charge is 2.49. The number of benzene rings is 4. The Morgan fingerprint density at radius 3 is 2.43 bits per heavy atom. The third-order valence-corrected chi connectivity index (χ3v) is 6.71. The Balaban J connectivity index is 1.36. The summed E-state index contributed by atoms with van der Waals surface area (Å²) in [7, 11) is 0. The standard InChI is InChI=1S/C29H25N3O3/c30-20-10-12-23-26(15-20)35-27-16-21(32-28(33)25(31)14-18-6-2-1-3-7-18)11-13-24(27)29(23)22-9-5-4-8-19(22)17-34-29/h1-13,15-16,25H,14,17,30-31H2,(H,32,33)/t25-,29?/m0/s1. The second-order valence-corrected chi connectivity index (χ2v) is 8.98. The molecule has 0 saturated heterocycles. The summed E-state index contributed by atoms with van der Waals surface area (Å²) in [4.78, 5) is 12.8. The zero-order valence-corrected chi connectivity index (χ0v) is 19.0. The smallest absolute Gasteiger partial charge is 0.241 e. The molecule has 0 bridgehead atoms. The maximum Gasteiger partial charge on any atom is 0.241 e. The van der Waals surface area contributed by atoms with Gasteiger partial charge in [-0.15, -0.1) is 0 Å². The minimum Gasteiger partial charge on any atom is -0.456 e. The van der Waals surface area contributed by atoms with Crippen molar-refractivity contribution in [2.45, 2.75) is 24.7 Å². The van der Waals surface area contributed by atoms with Crippen LogP contribution in [0.15, 0.2) is 91.0 Å². The van der Waals surface area contributed by atoms with Crippen molar-refractivity contribution < 1.29 is 14.3 Å². The fraction of sp³-hybridized carbons (Fsp3) is 0.138. The first kappa shape index (κ1) is 21.4. The molecule has 2 aliphatic heterocycles. The number of rotatable bonds is 4. The fourth-order valence-electron chi connectivity index (χ4n) is 5.05. The van der Waals surface area contributed by atoms with E-state index in [1.165, 1.54) is 0 Å². The van der Waals surface area contributed by atoms with Gasteiger partial charge in [-0.3, -0.25) is 4.79 Å². The Kier molecular flexibility index (Phi) is 5.06. The second kappa shape index (κ2) is 8.27. The number of ether oxygens (including phenoxy) is 2. The number of fused-ring (bicyclic) bond motifs is 6. The Bertz CT molecular complexity index is 1440. The highest BCUT2D eigenvalue weighted by molar-refractivity contribution is 5.95. The molecule has 0 aromatic heterocycles. The molecule has 4 aromatic rings. The molecule has 2 aliphatic rings. The monoisotopic (exact) mass is 463 g/mol. The van der Waals surface area contributed by atoms with E-state index in [-0.39, 0.29) is 5.91 Å². The topological polar surface area (TPSA) is 99.6 Å². The van der Waals surface area contributed by atoms with Gasteiger partial charge in [-0.25, -0.2) is 0 Å². The predicted molar refractivity (Wildman–Crippen MR) is 135 cm³/mol. The summed E-state index contributed by atoms with van der Waals surface area (Å²) >= 11 is 0. The van der Waals surface area contributed by atoms with E-state index in [4.69, 9.17) is 20.9 Å². The van der Waals surface area contributed by atoms with Crippen molar-refractivity contribution in [3.05, 3.63) is 119 Å². The Labute approximate surface area is 203 Å². The SMILES string of the molecule is Nc1ccc2c(c1)Oc1cc(NC(=O)[C@@H](N)Cc3ccccc3)ccc1C21OCc2ccccc21. The van der Waals surface area contributed by atoms with Crippen molar-refractivity contribution in [1.82, 2.24) is 0 Å². The first-order chi connectivity index (χ1) is 17.0. The summed E-state index contributed by atoms with van der Waals surface area (Å²) in [6.07, 6.45) is 0.453. The van der Waals surface area contributed by atoms with E-state index in [1.807, 2.05) is 78.9 Å². The highest BCUT2D eigenvalue weighted by Crippen LogP contribution is 2.56. The van der Waals surface area contributed by atoms with Crippen molar-refractivity contribution in [3.63, 3.8) is 0 Å². The lowest BCUT2D eigenvalue weighted by molar-refractivity contribution is -0.117. The molecule has 0 saturated carbocycles. The maximum atomic E-state index is 12.8. The molecule has 2 heterocycles. The molecular formula is C29H25N3O3. The van der Waals surface area contributed by atoms with Gasteiger partial charge in [-0.1, -0.05) is 54.6 Å². The van der Waals surface area contributed by atoms with E-state index in [0.717, 1.165) is 27.8 Å². The summed E-state index contributed by atoms with van der Waals surface area (Å²) in [6.45, 7) is 0.492. The molecular weight excluding hydrogens is 438 g/mol. The van der Waals surface area contributed by atoms with Crippen molar-refractivity contribution in [3.8, 4) is 11.5 Å². The predicted octanol–water partition coefficient (Wildman–Crippen LogP) is 4.71. The third-order valence-electron chi connectivity index (χ3n) is 6.71. The fourth-order valence-corrected chi connectivity index (χ4v) is 5.05. The van der Waals surface area contributed by atoms with Crippen LogP contribution in [-0.4, -0.2) is 11.9 Å². The number of carbonyl (C=O) groups excluding carboxylic acids is 1. The van der Waals surface area contributed by atoms with Gasteiger partial charge in [0.2, 0.25) is 5.91 Å². The second-order valence-electron chi connectivity index (χ2n) is 8.98. The van der Waals surface area contributed by atoms with Gasteiger partial charge in [0.25, 0.3) is 0 Å². The molecule has 6 rings (SSSR count). The zero-order valence-electron chi connectivity index (χ0n) is 19.0. The number of nitrogens with one attached hydrogen (secondary N) is 1. The first-order valence-electron chi connectivity index (χ1n) is 11.6. The molecule has 0 radical (unpaired) electrons. The maximum absolute atomic E-state index is 12.8. The molecule has 6 heteroatoms. The minimum atomic E-state index is -0.806. The molecule has 0 fully saturated rings. The van der Waals surface area contributed by atoms with Gasteiger partial charge in [0.05, 0.1) is 12.6 Å². The Hall–Kier alpha value is -4.13. The average molecular weight is 464 g/mol. The van der Waals surface area contributed by atoms with Crippen LogP contribution in [0.3, 0.4) is 0 Å². The zero-order chi connectivity index (χ0) is 24.0.